The van der Waals surface area contributed by atoms with Gasteiger partial charge in [0.25, 0.3) is 5.91 Å². The van der Waals surface area contributed by atoms with Crippen LogP contribution >= 0.6 is 0 Å². The van der Waals surface area contributed by atoms with Crippen molar-refractivity contribution in [2.24, 2.45) is 0 Å². The molecule has 162 valence electrons. The molecular formula is C23H17F2N3O3S. The molecule has 0 aliphatic carbocycles. The average Bonchev–Trinajstić information content (AvgIpc) is 3.26. The van der Waals surface area contributed by atoms with Gasteiger partial charge >= 0.3 is 5.76 Å². The summed E-state index contributed by atoms with van der Waals surface area (Å²) >= 11 is 0. The van der Waals surface area contributed by atoms with Crippen molar-refractivity contribution in [1.29, 1.82) is 0 Å². The first-order valence-electron chi connectivity index (χ1n) is 9.50. The van der Waals surface area contributed by atoms with Crippen molar-refractivity contribution >= 4 is 21.4 Å². The summed E-state index contributed by atoms with van der Waals surface area (Å²) in [5.74, 6) is -4.01. The highest BCUT2D eigenvalue weighted by Crippen LogP contribution is 2.24. The molecular weight excluding hydrogens is 436 g/mol. The number of anilines is 1. The van der Waals surface area contributed by atoms with Crippen LogP contribution in [-0.4, -0.2) is 29.9 Å². The van der Waals surface area contributed by atoms with Crippen LogP contribution in [0.3, 0.4) is 0 Å². The predicted molar refractivity (Wildman–Crippen MR) is 117 cm³/mol. The van der Waals surface area contributed by atoms with Crippen LogP contribution in [0.25, 0.3) is 16.9 Å². The number of rotatable bonds is 6. The number of para-hydroxylation sites is 1. The third-order valence-corrected chi connectivity index (χ3v) is 6.09. The van der Waals surface area contributed by atoms with Crippen molar-refractivity contribution in [2.75, 3.05) is 5.32 Å². The molecule has 0 aliphatic rings. The van der Waals surface area contributed by atoms with Crippen molar-refractivity contribution < 1.29 is 22.0 Å². The summed E-state index contributed by atoms with van der Waals surface area (Å²) in [5.41, 5.74) is 2.61. The fourth-order valence-electron chi connectivity index (χ4n) is 3.08. The van der Waals surface area contributed by atoms with Gasteiger partial charge in [0, 0.05) is 11.3 Å². The second-order valence-electron chi connectivity index (χ2n) is 6.81. The fraction of sp³-hybridized carbons (Fsp3) is 0.0435. The topological polar surface area (TPSA) is 81.1 Å². The van der Waals surface area contributed by atoms with Crippen LogP contribution < -0.4 is 5.32 Å². The summed E-state index contributed by atoms with van der Waals surface area (Å²) < 4.78 is 50.1. The Hall–Kier alpha value is -3.85. The van der Waals surface area contributed by atoms with Gasteiger partial charge in [0.2, 0.25) is 9.84 Å². The summed E-state index contributed by atoms with van der Waals surface area (Å²) in [6, 6.07) is 24.7. The van der Waals surface area contributed by atoms with Crippen molar-refractivity contribution in [2.45, 2.75) is 10.7 Å². The maximum atomic E-state index is 13.0. The highest BCUT2D eigenvalue weighted by Gasteiger charge is 2.26. The van der Waals surface area contributed by atoms with Crippen molar-refractivity contribution in [1.82, 2.24) is 9.78 Å². The number of carbonyl (C=O) groups is 1. The van der Waals surface area contributed by atoms with Crippen molar-refractivity contribution in [3.8, 4) is 16.9 Å². The number of halogens is 2. The monoisotopic (exact) mass is 453 g/mol. The fourth-order valence-corrected chi connectivity index (χ4v) is 3.81. The Kier molecular flexibility index (Phi) is 5.83. The number of aromatic nitrogens is 2. The first-order chi connectivity index (χ1) is 15.4. The van der Waals surface area contributed by atoms with Crippen LogP contribution in [0.15, 0.2) is 95.9 Å². The van der Waals surface area contributed by atoms with E-state index < -0.39 is 26.4 Å². The minimum absolute atomic E-state index is 0.249. The molecule has 0 saturated carbocycles. The van der Waals surface area contributed by atoms with E-state index in [1.54, 1.807) is 6.07 Å². The maximum absolute atomic E-state index is 13.0. The van der Waals surface area contributed by atoms with E-state index in [1.165, 1.54) is 16.8 Å². The summed E-state index contributed by atoms with van der Waals surface area (Å²) in [4.78, 5) is 12.5. The Morgan fingerprint density at radius 2 is 1.47 bits per heavy atom. The Morgan fingerprint density at radius 3 is 2.06 bits per heavy atom. The summed E-state index contributed by atoms with van der Waals surface area (Å²) in [6.07, 6.45) is 0. The zero-order chi connectivity index (χ0) is 22.7. The second kappa shape index (κ2) is 8.72. The molecule has 4 aromatic rings. The van der Waals surface area contributed by atoms with Crippen LogP contribution in [0.1, 0.15) is 10.5 Å². The van der Waals surface area contributed by atoms with E-state index in [-0.39, 0.29) is 11.4 Å². The van der Waals surface area contributed by atoms with Crippen LogP contribution in [0, 0.1) is 0 Å². The second-order valence-corrected chi connectivity index (χ2v) is 8.73. The van der Waals surface area contributed by atoms with E-state index in [9.17, 15) is 22.0 Å². The Morgan fingerprint density at radius 1 is 0.875 bits per heavy atom. The number of benzene rings is 3. The predicted octanol–water partition coefficient (Wildman–Crippen LogP) is 4.79. The summed E-state index contributed by atoms with van der Waals surface area (Å²) in [7, 11) is -4.70. The quantitative estimate of drug-likeness (QED) is 0.455. The Balaban J connectivity index is 1.67. The minimum atomic E-state index is -4.70. The smallest absolute Gasteiger partial charge is 0.321 e. The molecule has 0 unspecified atom stereocenters. The van der Waals surface area contributed by atoms with Gasteiger partial charge in [-0.1, -0.05) is 48.5 Å². The maximum Gasteiger partial charge on any atom is 0.341 e. The first kappa shape index (κ1) is 21.4. The summed E-state index contributed by atoms with van der Waals surface area (Å²) in [6.45, 7) is 0. The van der Waals surface area contributed by atoms with E-state index >= 15 is 0 Å². The third-order valence-electron chi connectivity index (χ3n) is 4.69. The van der Waals surface area contributed by atoms with Crippen LogP contribution in [0.2, 0.25) is 0 Å². The zero-order valence-electron chi connectivity index (χ0n) is 16.5. The van der Waals surface area contributed by atoms with Gasteiger partial charge in [0.15, 0.2) is 0 Å². The number of alkyl halides is 2. The number of nitrogens with one attached hydrogen (secondary N) is 1. The van der Waals surface area contributed by atoms with Gasteiger partial charge in [-0.2, -0.15) is 13.9 Å². The number of nitrogens with zero attached hydrogens (tertiary/aromatic N) is 2. The number of hydrogen-bond donors (Lipinski definition) is 1. The largest absolute Gasteiger partial charge is 0.341 e. The Labute approximate surface area is 183 Å². The van der Waals surface area contributed by atoms with Crippen molar-refractivity contribution in [3.63, 3.8) is 0 Å². The van der Waals surface area contributed by atoms with Crippen molar-refractivity contribution in [3.05, 3.63) is 96.7 Å². The molecule has 0 fully saturated rings. The molecule has 0 atom stereocenters. The van der Waals surface area contributed by atoms with E-state index in [1.807, 2.05) is 60.7 Å². The highest BCUT2D eigenvalue weighted by atomic mass is 32.2. The van der Waals surface area contributed by atoms with Crippen LogP contribution in [0.5, 0.6) is 0 Å². The van der Waals surface area contributed by atoms with Gasteiger partial charge in [0.05, 0.1) is 16.3 Å². The molecule has 0 bridgehead atoms. The molecule has 1 aromatic heterocycles. The van der Waals surface area contributed by atoms with E-state index in [2.05, 4.69) is 10.4 Å². The normalized spacial score (nSPS) is 11.5. The molecule has 1 amide bonds. The minimum Gasteiger partial charge on any atom is -0.321 e. The molecule has 4 rings (SSSR count). The van der Waals surface area contributed by atoms with Crippen LogP contribution in [0.4, 0.5) is 14.5 Å². The van der Waals surface area contributed by atoms with E-state index in [4.69, 9.17) is 0 Å². The first-order valence-corrected chi connectivity index (χ1v) is 11.1. The van der Waals surface area contributed by atoms with E-state index in [0.29, 0.717) is 11.4 Å². The average molecular weight is 453 g/mol. The molecule has 0 spiro atoms. The number of carbonyl (C=O) groups excluding carboxylic acids is 1. The highest BCUT2D eigenvalue weighted by molar-refractivity contribution is 7.91. The number of amides is 1. The van der Waals surface area contributed by atoms with Crippen LogP contribution in [-0.2, 0) is 9.84 Å². The molecule has 0 radical (unpaired) electrons. The van der Waals surface area contributed by atoms with Gasteiger partial charge in [-0.15, -0.1) is 0 Å². The lowest BCUT2D eigenvalue weighted by Gasteiger charge is -2.09. The molecule has 3 aromatic carbocycles. The van der Waals surface area contributed by atoms with E-state index in [0.717, 1.165) is 17.7 Å². The molecule has 6 nitrogen and oxygen atoms in total. The molecule has 1 heterocycles. The lowest BCUT2D eigenvalue weighted by molar-refractivity contribution is 0.101. The summed E-state index contributed by atoms with van der Waals surface area (Å²) in [5, 5.41) is 7.23. The van der Waals surface area contributed by atoms with Gasteiger partial charge in [-0.25, -0.2) is 13.1 Å². The van der Waals surface area contributed by atoms with Gasteiger partial charge in [-0.05, 0) is 42.5 Å². The standard InChI is InChI=1S/C23H17F2N3O3S/c24-23(25)32(30,31)19-13-11-17(12-14-19)26-22(29)21-15-20(16-7-3-1-4-8-16)27-28(21)18-9-5-2-6-10-18/h1-15,23H,(H,26,29). The molecule has 9 heteroatoms. The number of sulfone groups is 1. The SMILES string of the molecule is O=C(Nc1ccc(S(=O)(=O)C(F)F)cc1)c1cc(-c2ccccc2)nn1-c1ccccc1. The van der Waals surface area contributed by atoms with Gasteiger partial charge < -0.3 is 5.32 Å². The molecule has 0 saturated heterocycles. The molecule has 0 aliphatic heterocycles. The molecule has 1 N–H and O–H groups in total. The van der Waals surface area contributed by atoms with Gasteiger partial charge in [0.1, 0.15) is 5.69 Å². The molecule has 32 heavy (non-hydrogen) atoms. The van der Waals surface area contributed by atoms with Gasteiger partial charge in [-0.3, -0.25) is 4.79 Å². The number of hydrogen-bond acceptors (Lipinski definition) is 4. The zero-order valence-corrected chi connectivity index (χ0v) is 17.3. The lowest BCUT2D eigenvalue weighted by Crippen LogP contribution is -2.17. The Bertz CT molecular complexity index is 1340. The lowest BCUT2D eigenvalue weighted by atomic mass is 10.1. The third kappa shape index (κ3) is 4.28.